The second-order valence-corrected chi connectivity index (χ2v) is 7.41. The van der Waals surface area contributed by atoms with Gasteiger partial charge in [0.2, 0.25) is 10.0 Å². The van der Waals surface area contributed by atoms with Crippen molar-refractivity contribution < 1.29 is 13.2 Å². The molecule has 0 atom stereocenters. The molecule has 0 aliphatic heterocycles. The second kappa shape index (κ2) is 7.17. The van der Waals surface area contributed by atoms with Gasteiger partial charge in [-0.15, -0.1) is 12.6 Å². The minimum Gasteiger partial charge on any atom is -0.497 e. The van der Waals surface area contributed by atoms with Crippen LogP contribution in [0.1, 0.15) is 5.56 Å². The van der Waals surface area contributed by atoms with E-state index in [1.165, 1.54) is 4.31 Å². The van der Waals surface area contributed by atoms with Crippen LogP contribution >= 0.6 is 12.6 Å². The standard InChI is InChI=1S/C16H19NO3S2/c1-17(12-11-13-5-3-4-6-16(13)21)22(18,19)15-9-7-14(20-2)8-10-15/h3-10,21H,11-12H2,1-2H3. The van der Waals surface area contributed by atoms with Crippen molar-refractivity contribution in [1.29, 1.82) is 0 Å². The van der Waals surface area contributed by atoms with Crippen molar-refractivity contribution in [1.82, 2.24) is 4.31 Å². The molecule has 2 aromatic rings. The van der Waals surface area contributed by atoms with Crippen LogP contribution in [0.3, 0.4) is 0 Å². The molecule has 0 spiro atoms. The molecule has 0 radical (unpaired) electrons. The number of hydrogen-bond donors (Lipinski definition) is 1. The van der Waals surface area contributed by atoms with Crippen molar-refractivity contribution in [3.63, 3.8) is 0 Å². The minimum atomic E-state index is -3.49. The molecule has 0 fully saturated rings. The Kier molecular flexibility index (Phi) is 5.50. The quantitative estimate of drug-likeness (QED) is 0.825. The van der Waals surface area contributed by atoms with Crippen LogP contribution in [-0.2, 0) is 16.4 Å². The van der Waals surface area contributed by atoms with Crippen LogP contribution in [0.25, 0.3) is 0 Å². The molecule has 118 valence electrons. The summed E-state index contributed by atoms with van der Waals surface area (Å²) in [4.78, 5) is 1.13. The first-order valence-corrected chi connectivity index (χ1v) is 8.71. The Balaban J connectivity index is 2.10. The number of nitrogens with zero attached hydrogens (tertiary/aromatic N) is 1. The van der Waals surface area contributed by atoms with Crippen molar-refractivity contribution >= 4 is 22.7 Å². The molecule has 22 heavy (non-hydrogen) atoms. The molecule has 0 saturated heterocycles. The van der Waals surface area contributed by atoms with Gasteiger partial charge >= 0.3 is 0 Å². The van der Waals surface area contributed by atoms with Gasteiger partial charge in [0.05, 0.1) is 12.0 Å². The van der Waals surface area contributed by atoms with Gasteiger partial charge in [-0.25, -0.2) is 12.7 Å². The van der Waals surface area contributed by atoms with Gasteiger partial charge in [-0.05, 0) is 42.3 Å². The van der Waals surface area contributed by atoms with Gasteiger partial charge in [0.15, 0.2) is 0 Å². The van der Waals surface area contributed by atoms with Gasteiger partial charge in [0.25, 0.3) is 0 Å². The fourth-order valence-electron chi connectivity index (χ4n) is 2.05. The summed E-state index contributed by atoms with van der Waals surface area (Å²) in [5.41, 5.74) is 1.03. The Bertz CT molecular complexity index is 727. The number of rotatable bonds is 6. The van der Waals surface area contributed by atoms with Crippen molar-refractivity contribution in [2.75, 3.05) is 20.7 Å². The van der Waals surface area contributed by atoms with E-state index in [1.807, 2.05) is 24.3 Å². The van der Waals surface area contributed by atoms with Crippen LogP contribution in [0.5, 0.6) is 5.75 Å². The first-order valence-electron chi connectivity index (χ1n) is 6.82. The summed E-state index contributed by atoms with van der Waals surface area (Å²) in [6, 6.07) is 14.1. The maximum absolute atomic E-state index is 12.5. The van der Waals surface area contributed by atoms with Gasteiger partial charge in [-0.3, -0.25) is 0 Å². The summed E-state index contributed by atoms with van der Waals surface area (Å²) >= 11 is 4.38. The zero-order chi connectivity index (χ0) is 16.2. The van der Waals surface area contributed by atoms with Crippen LogP contribution in [0.15, 0.2) is 58.3 Å². The number of hydrogen-bond acceptors (Lipinski definition) is 4. The Hall–Kier alpha value is -1.50. The van der Waals surface area contributed by atoms with Gasteiger partial charge in [0.1, 0.15) is 5.75 Å². The molecule has 0 unspecified atom stereocenters. The zero-order valence-electron chi connectivity index (χ0n) is 12.6. The van der Waals surface area contributed by atoms with Crippen molar-refractivity contribution in [2.24, 2.45) is 0 Å². The predicted molar refractivity (Wildman–Crippen MR) is 90.2 cm³/mol. The Morgan fingerprint density at radius 1 is 1.09 bits per heavy atom. The van der Waals surface area contributed by atoms with E-state index in [0.29, 0.717) is 18.7 Å². The summed E-state index contributed by atoms with van der Waals surface area (Å²) in [5.74, 6) is 0.630. The normalized spacial score (nSPS) is 11.6. The van der Waals surface area contributed by atoms with E-state index >= 15 is 0 Å². The van der Waals surface area contributed by atoms with Crippen LogP contribution in [0.4, 0.5) is 0 Å². The molecule has 0 aliphatic carbocycles. The van der Waals surface area contributed by atoms with Crippen molar-refractivity contribution in [3.05, 3.63) is 54.1 Å². The molecule has 0 N–H and O–H groups in total. The van der Waals surface area contributed by atoms with Gasteiger partial charge in [-0.2, -0.15) is 0 Å². The topological polar surface area (TPSA) is 46.6 Å². The highest BCUT2D eigenvalue weighted by Gasteiger charge is 2.20. The van der Waals surface area contributed by atoms with Gasteiger partial charge in [-0.1, -0.05) is 18.2 Å². The molecule has 0 bridgehead atoms. The first kappa shape index (κ1) is 16.9. The minimum absolute atomic E-state index is 0.259. The van der Waals surface area contributed by atoms with E-state index in [2.05, 4.69) is 12.6 Å². The van der Waals surface area contributed by atoms with E-state index in [-0.39, 0.29) is 4.90 Å². The molecule has 0 aliphatic rings. The number of methoxy groups -OCH3 is 1. The molecule has 0 heterocycles. The molecule has 4 nitrogen and oxygen atoms in total. The predicted octanol–water partition coefficient (Wildman–Crippen LogP) is 2.85. The summed E-state index contributed by atoms with van der Waals surface area (Å²) < 4.78 is 31.4. The van der Waals surface area contributed by atoms with E-state index in [0.717, 1.165) is 10.5 Å². The van der Waals surface area contributed by atoms with E-state index in [9.17, 15) is 8.42 Å². The summed E-state index contributed by atoms with van der Waals surface area (Å²) in [5, 5.41) is 0. The smallest absolute Gasteiger partial charge is 0.242 e. The lowest BCUT2D eigenvalue weighted by atomic mass is 10.1. The van der Waals surface area contributed by atoms with Crippen LogP contribution in [-0.4, -0.2) is 33.4 Å². The van der Waals surface area contributed by atoms with Crippen molar-refractivity contribution in [2.45, 2.75) is 16.2 Å². The molecule has 0 aromatic heterocycles. The van der Waals surface area contributed by atoms with E-state index in [4.69, 9.17) is 4.74 Å². The highest BCUT2D eigenvalue weighted by atomic mass is 32.2. The largest absolute Gasteiger partial charge is 0.497 e. The summed E-state index contributed by atoms with van der Waals surface area (Å²) in [6.45, 7) is 0.395. The average Bonchev–Trinajstić information content (AvgIpc) is 2.53. The molecule has 2 rings (SSSR count). The second-order valence-electron chi connectivity index (χ2n) is 4.88. The molecular weight excluding hydrogens is 318 g/mol. The first-order chi connectivity index (χ1) is 10.4. The molecule has 6 heteroatoms. The third kappa shape index (κ3) is 3.82. The third-order valence-electron chi connectivity index (χ3n) is 3.46. The Morgan fingerprint density at radius 2 is 1.73 bits per heavy atom. The number of ether oxygens (including phenoxy) is 1. The van der Waals surface area contributed by atoms with Crippen LogP contribution in [0, 0.1) is 0 Å². The lowest BCUT2D eigenvalue weighted by Crippen LogP contribution is -2.29. The molecule has 2 aromatic carbocycles. The molecule has 0 saturated carbocycles. The lowest BCUT2D eigenvalue weighted by molar-refractivity contribution is 0.414. The Morgan fingerprint density at radius 3 is 2.32 bits per heavy atom. The van der Waals surface area contributed by atoms with Crippen molar-refractivity contribution in [3.8, 4) is 5.75 Å². The van der Waals surface area contributed by atoms with Gasteiger partial charge in [0, 0.05) is 18.5 Å². The number of benzene rings is 2. The van der Waals surface area contributed by atoms with Crippen LogP contribution < -0.4 is 4.74 Å². The number of thiol groups is 1. The number of likely N-dealkylation sites (N-methyl/N-ethyl adjacent to an activating group) is 1. The lowest BCUT2D eigenvalue weighted by Gasteiger charge is -2.18. The summed E-state index contributed by atoms with van der Waals surface area (Å²) in [6.07, 6.45) is 0.617. The third-order valence-corrected chi connectivity index (χ3v) is 5.76. The van der Waals surface area contributed by atoms with E-state index < -0.39 is 10.0 Å². The number of sulfonamides is 1. The fraction of sp³-hybridized carbons (Fsp3) is 0.250. The monoisotopic (exact) mass is 337 g/mol. The fourth-order valence-corrected chi connectivity index (χ4v) is 3.49. The Labute approximate surface area is 137 Å². The van der Waals surface area contributed by atoms with E-state index in [1.54, 1.807) is 38.4 Å². The maximum atomic E-state index is 12.5. The highest BCUT2D eigenvalue weighted by molar-refractivity contribution is 7.89. The SMILES string of the molecule is COc1ccc(S(=O)(=O)N(C)CCc2ccccc2S)cc1. The van der Waals surface area contributed by atoms with Gasteiger partial charge < -0.3 is 4.74 Å². The maximum Gasteiger partial charge on any atom is 0.242 e. The zero-order valence-corrected chi connectivity index (χ0v) is 14.3. The molecule has 0 amide bonds. The average molecular weight is 337 g/mol. The van der Waals surface area contributed by atoms with Crippen LogP contribution in [0.2, 0.25) is 0 Å². The highest BCUT2D eigenvalue weighted by Crippen LogP contribution is 2.20. The summed E-state index contributed by atoms with van der Waals surface area (Å²) in [7, 11) is -0.364. The molecular formula is C16H19NO3S2.